The van der Waals surface area contributed by atoms with Crippen LogP contribution >= 0.6 is 0 Å². The molecular formula is C19H19N3O5. The van der Waals surface area contributed by atoms with Crippen molar-refractivity contribution in [2.75, 3.05) is 19.5 Å². The largest absolute Gasteiger partial charge is 0.497 e. The molecule has 1 atom stereocenters. The molecule has 0 aliphatic carbocycles. The Morgan fingerprint density at radius 2 is 1.89 bits per heavy atom. The Morgan fingerprint density at radius 1 is 1.11 bits per heavy atom. The van der Waals surface area contributed by atoms with Gasteiger partial charge in [0.2, 0.25) is 0 Å². The molecule has 140 valence electrons. The van der Waals surface area contributed by atoms with Gasteiger partial charge in [0.1, 0.15) is 11.5 Å². The van der Waals surface area contributed by atoms with Gasteiger partial charge in [0.05, 0.1) is 25.4 Å². The Hall–Kier alpha value is -3.55. The summed E-state index contributed by atoms with van der Waals surface area (Å²) in [5.41, 5.74) is 1.25. The van der Waals surface area contributed by atoms with E-state index >= 15 is 0 Å². The number of esters is 1. The molecule has 1 aromatic heterocycles. The molecule has 2 N–H and O–H groups in total. The van der Waals surface area contributed by atoms with Gasteiger partial charge >= 0.3 is 5.97 Å². The number of ether oxygens (including phenoxy) is 3. The van der Waals surface area contributed by atoms with Crippen molar-refractivity contribution in [2.45, 2.75) is 13.0 Å². The van der Waals surface area contributed by atoms with Gasteiger partial charge in [0, 0.05) is 11.5 Å². The topological polar surface area (TPSA) is 103 Å². The highest BCUT2D eigenvalue weighted by molar-refractivity contribution is 6.03. The maximum absolute atomic E-state index is 12.4. The number of nitrogens with one attached hydrogen (secondary N) is 2. The number of benzene rings is 2. The molecular weight excluding hydrogens is 350 g/mol. The van der Waals surface area contributed by atoms with E-state index in [1.54, 1.807) is 36.4 Å². The summed E-state index contributed by atoms with van der Waals surface area (Å²) in [5, 5.41) is 10.0. The molecule has 3 rings (SSSR count). The average Bonchev–Trinajstić information content (AvgIpc) is 3.12. The molecule has 2 aromatic carbocycles. The molecule has 27 heavy (non-hydrogen) atoms. The van der Waals surface area contributed by atoms with E-state index in [1.807, 2.05) is 6.07 Å². The summed E-state index contributed by atoms with van der Waals surface area (Å²) in [6.45, 7) is 1.48. The van der Waals surface area contributed by atoms with Crippen LogP contribution in [0.4, 0.5) is 5.69 Å². The molecule has 0 saturated heterocycles. The number of nitrogens with zero attached hydrogens (tertiary/aromatic N) is 1. The van der Waals surface area contributed by atoms with E-state index in [-0.39, 0.29) is 5.69 Å². The number of rotatable bonds is 6. The molecule has 0 aliphatic heterocycles. The second-order valence-electron chi connectivity index (χ2n) is 5.72. The second-order valence-corrected chi connectivity index (χ2v) is 5.72. The van der Waals surface area contributed by atoms with Crippen molar-refractivity contribution >= 4 is 28.5 Å². The molecule has 8 heteroatoms. The maximum atomic E-state index is 12.4. The third-order valence-corrected chi connectivity index (χ3v) is 3.98. The first kappa shape index (κ1) is 18.2. The van der Waals surface area contributed by atoms with Gasteiger partial charge in [-0.15, -0.1) is 0 Å². The monoisotopic (exact) mass is 369 g/mol. The summed E-state index contributed by atoms with van der Waals surface area (Å²) in [5.74, 6) is -0.179. The zero-order valence-corrected chi connectivity index (χ0v) is 15.1. The second kappa shape index (κ2) is 7.77. The first-order valence-electron chi connectivity index (χ1n) is 8.20. The number of anilines is 1. The van der Waals surface area contributed by atoms with Crippen molar-refractivity contribution < 1.29 is 23.8 Å². The van der Waals surface area contributed by atoms with Crippen molar-refractivity contribution in [1.29, 1.82) is 0 Å². The summed E-state index contributed by atoms with van der Waals surface area (Å²) in [6, 6.07) is 12.2. The minimum atomic E-state index is -1.04. The number of carbonyl (C=O) groups is 2. The lowest BCUT2D eigenvalue weighted by atomic mass is 10.2. The predicted octanol–water partition coefficient (Wildman–Crippen LogP) is 2.76. The number of fused-ring (bicyclic) bond motifs is 1. The molecule has 1 heterocycles. The lowest BCUT2D eigenvalue weighted by Crippen LogP contribution is -2.30. The van der Waals surface area contributed by atoms with Gasteiger partial charge in [-0.25, -0.2) is 4.79 Å². The van der Waals surface area contributed by atoms with Crippen LogP contribution in [0.2, 0.25) is 0 Å². The smallest absolute Gasteiger partial charge is 0.360 e. The predicted molar refractivity (Wildman–Crippen MR) is 99.1 cm³/mol. The summed E-state index contributed by atoms with van der Waals surface area (Å²) >= 11 is 0. The minimum Gasteiger partial charge on any atom is -0.497 e. The summed E-state index contributed by atoms with van der Waals surface area (Å²) < 4.78 is 15.6. The normalized spacial score (nSPS) is 11.7. The minimum absolute atomic E-state index is 0.129. The third kappa shape index (κ3) is 3.84. The van der Waals surface area contributed by atoms with E-state index in [4.69, 9.17) is 14.2 Å². The molecule has 0 bridgehead atoms. The van der Waals surface area contributed by atoms with Crippen LogP contribution < -0.4 is 14.8 Å². The van der Waals surface area contributed by atoms with E-state index in [2.05, 4.69) is 15.5 Å². The van der Waals surface area contributed by atoms with Crippen LogP contribution in [0, 0.1) is 0 Å². The van der Waals surface area contributed by atoms with E-state index in [0.717, 1.165) is 0 Å². The summed E-state index contributed by atoms with van der Waals surface area (Å²) in [4.78, 5) is 24.8. The van der Waals surface area contributed by atoms with Crippen LogP contribution in [-0.4, -0.2) is 42.4 Å². The Balaban J connectivity index is 1.72. The van der Waals surface area contributed by atoms with Crippen molar-refractivity contribution in [3.63, 3.8) is 0 Å². The van der Waals surface area contributed by atoms with Crippen LogP contribution in [0.15, 0.2) is 42.5 Å². The molecule has 0 aliphatic rings. The first-order chi connectivity index (χ1) is 13.0. The average molecular weight is 369 g/mol. The van der Waals surface area contributed by atoms with Crippen molar-refractivity contribution in [3.05, 3.63) is 48.2 Å². The molecule has 0 saturated carbocycles. The lowest BCUT2D eigenvalue weighted by molar-refractivity contribution is -0.123. The Morgan fingerprint density at radius 3 is 2.63 bits per heavy atom. The molecule has 0 unspecified atom stereocenters. The number of H-pyrrole nitrogens is 1. The number of hydrogen-bond acceptors (Lipinski definition) is 6. The number of amides is 1. The first-order valence-corrected chi connectivity index (χ1v) is 8.20. The van der Waals surface area contributed by atoms with Gasteiger partial charge in [-0.3, -0.25) is 9.89 Å². The molecule has 1 amide bonds. The lowest BCUT2D eigenvalue weighted by Gasteiger charge is -2.15. The molecule has 3 aromatic rings. The fourth-order valence-corrected chi connectivity index (χ4v) is 2.54. The van der Waals surface area contributed by atoms with Crippen LogP contribution in [0.3, 0.4) is 0 Å². The number of aromatic nitrogens is 2. The van der Waals surface area contributed by atoms with Gasteiger partial charge < -0.3 is 19.5 Å². The van der Waals surface area contributed by atoms with Gasteiger partial charge in [-0.2, -0.15) is 5.10 Å². The Bertz CT molecular complexity index is 982. The third-order valence-electron chi connectivity index (χ3n) is 3.98. The zero-order valence-electron chi connectivity index (χ0n) is 15.1. The van der Waals surface area contributed by atoms with Crippen LogP contribution in [0.1, 0.15) is 17.4 Å². The van der Waals surface area contributed by atoms with Crippen molar-refractivity contribution in [1.82, 2.24) is 10.2 Å². The summed E-state index contributed by atoms with van der Waals surface area (Å²) in [7, 11) is 3.01. The number of methoxy groups -OCH3 is 2. The highest BCUT2D eigenvalue weighted by atomic mass is 16.5. The van der Waals surface area contributed by atoms with Gasteiger partial charge in [0.25, 0.3) is 5.91 Å². The van der Waals surface area contributed by atoms with Crippen molar-refractivity contribution in [2.24, 2.45) is 0 Å². The Labute approximate surface area is 155 Å². The SMILES string of the molecule is COc1ccc(OC)c(NC(=O)[C@@H](C)OC(=O)c2n[nH]c3ccccc23)c1. The van der Waals surface area contributed by atoms with Gasteiger partial charge in [-0.05, 0) is 25.1 Å². The van der Waals surface area contributed by atoms with Crippen LogP contribution in [0.5, 0.6) is 11.5 Å². The maximum Gasteiger partial charge on any atom is 0.360 e. The van der Waals surface area contributed by atoms with E-state index in [0.29, 0.717) is 28.1 Å². The standard InChI is InChI=1S/C19H19N3O5/c1-11(18(23)20-15-10-12(25-2)8-9-16(15)26-3)27-19(24)17-13-6-4-5-7-14(13)21-22-17/h4-11H,1-3H3,(H,20,23)(H,21,22)/t11-/m1/s1. The highest BCUT2D eigenvalue weighted by Gasteiger charge is 2.23. The Kier molecular flexibility index (Phi) is 5.25. The van der Waals surface area contributed by atoms with E-state index in [1.165, 1.54) is 21.1 Å². The molecule has 0 radical (unpaired) electrons. The van der Waals surface area contributed by atoms with Gasteiger partial charge in [-0.1, -0.05) is 18.2 Å². The quantitative estimate of drug-likeness (QED) is 0.648. The number of para-hydroxylation sites is 1. The highest BCUT2D eigenvalue weighted by Crippen LogP contribution is 2.29. The molecule has 8 nitrogen and oxygen atoms in total. The van der Waals surface area contributed by atoms with Crippen LogP contribution in [-0.2, 0) is 9.53 Å². The zero-order chi connectivity index (χ0) is 19.4. The van der Waals surface area contributed by atoms with E-state index < -0.39 is 18.0 Å². The van der Waals surface area contributed by atoms with Gasteiger partial charge in [0.15, 0.2) is 11.8 Å². The summed E-state index contributed by atoms with van der Waals surface area (Å²) in [6.07, 6.45) is -1.04. The molecule has 0 fully saturated rings. The van der Waals surface area contributed by atoms with Crippen molar-refractivity contribution in [3.8, 4) is 11.5 Å². The number of aromatic amines is 1. The van der Waals surface area contributed by atoms with E-state index in [9.17, 15) is 9.59 Å². The van der Waals surface area contributed by atoms with Crippen LogP contribution in [0.25, 0.3) is 10.9 Å². The fraction of sp³-hybridized carbons (Fsp3) is 0.211. The number of carbonyl (C=O) groups excluding carboxylic acids is 2. The number of hydrogen-bond donors (Lipinski definition) is 2. The fourth-order valence-electron chi connectivity index (χ4n) is 2.54. The molecule has 0 spiro atoms.